The van der Waals surface area contributed by atoms with Gasteiger partial charge in [0.15, 0.2) is 0 Å². The summed E-state index contributed by atoms with van der Waals surface area (Å²) in [6.07, 6.45) is 0.275. The molecule has 6 heteroatoms. The summed E-state index contributed by atoms with van der Waals surface area (Å²) in [5, 5.41) is 3.43. The van der Waals surface area contributed by atoms with Crippen LogP contribution < -0.4 is 5.32 Å². The maximum absolute atomic E-state index is 12.8. The summed E-state index contributed by atoms with van der Waals surface area (Å²) >= 11 is 1.38. The van der Waals surface area contributed by atoms with Gasteiger partial charge in [-0.1, -0.05) is 30.3 Å². The number of aryl methyl sites for hydroxylation is 1. The van der Waals surface area contributed by atoms with Crippen LogP contribution in [0.25, 0.3) is 11.3 Å². The fraction of sp³-hybridized carbons (Fsp3) is 0.353. The van der Waals surface area contributed by atoms with Crippen molar-refractivity contribution in [2.75, 3.05) is 14.1 Å². The zero-order chi connectivity index (χ0) is 17.0. The number of amides is 2. The van der Waals surface area contributed by atoms with Crippen molar-refractivity contribution in [3.05, 3.63) is 40.2 Å². The molecular weight excluding hydrogens is 310 g/mol. The quantitative estimate of drug-likeness (QED) is 0.916. The molecule has 0 saturated heterocycles. The number of aromatic nitrogens is 1. The lowest BCUT2D eigenvalue weighted by atomic mass is 10.1. The predicted octanol–water partition coefficient (Wildman–Crippen LogP) is 2.72. The van der Waals surface area contributed by atoms with Crippen LogP contribution in [0.3, 0.4) is 0 Å². The predicted molar refractivity (Wildman–Crippen MR) is 92.5 cm³/mol. The lowest BCUT2D eigenvalue weighted by Crippen LogP contribution is -2.38. The standard InChI is InChI=1S/C17H21N3O2S/c1-11(10-14(21)18-3)20(4)17(22)16-15(19-12(2)23-16)13-8-6-5-7-9-13/h5-9,11H,10H2,1-4H3,(H,18,21)/t11-/m1/s1. The number of nitrogens with zero attached hydrogens (tertiary/aromatic N) is 2. The molecule has 0 aliphatic heterocycles. The Morgan fingerprint density at radius 3 is 2.57 bits per heavy atom. The van der Waals surface area contributed by atoms with Crippen LogP contribution in [0.4, 0.5) is 0 Å². The molecule has 0 aliphatic carbocycles. The highest BCUT2D eigenvalue weighted by atomic mass is 32.1. The van der Waals surface area contributed by atoms with Gasteiger partial charge in [0, 0.05) is 32.1 Å². The highest BCUT2D eigenvalue weighted by molar-refractivity contribution is 7.14. The Bertz CT molecular complexity index is 697. The Balaban J connectivity index is 2.28. The van der Waals surface area contributed by atoms with Crippen molar-refractivity contribution in [3.63, 3.8) is 0 Å². The number of benzene rings is 1. The van der Waals surface area contributed by atoms with Gasteiger partial charge in [0.2, 0.25) is 5.91 Å². The second-order valence-electron chi connectivity index (χ2n) is 5.42. The van der Waals surface area contributed by atoms with Crippen LogP contribution in [0.1, 0.15) is 28.0 Å². The maximum atomic E-state index is 12.8. The summed E-state index contributed by atoms with van der Waals surface area (Å²) in [5.74, 6) is -0.188. The molecule has 0 spiro atoms. The molecule has 2 aromatic rings. The molecule has 0 radical (unpaired) electrons. The minimum atomic E-state index is -0.187. The minimum absolute atomic E-state index is 0.0825. The molecule has 1 N–H and O–H groups in total. The van der Waals surface area contributed by atoms with Gasteiger partial charge in [0.05, 0.1) is 10.7 Å². The van der Waals surface area contributed by atoms with Gasteiger partial charge in [0.1, 0.15) is 4.88 Å². The van der Waals surface area contributed by atoms with Gasteiger partial charge in [-0.05, 0) is 13.8 Å². The largest absolute Gasteiger partial charge is 0.359 e. The van der Waals surface area contributed by atoms with Gasteiger partial charge in [0.25, 0.3) is 5.91 Å². The molecule has 122 valence electrons. The molecule has 1 heterocycles. The van der Waals surface area contributed by atoms with Crippen molar-refractivity contribution < 1.29 is 9.59 Å². The van der Waals surface area contributed by atoms with Crippen molar-refractivity contribution in [3.8, 4) is 11.3 Å². The van der Waals surface area contributed by atoms with Crippen LogP contribution in [-0.4, -0.2) is 41.8 Å². The fourth-order valence-corrected chi connectivity index (χ4v) is 3.16. The third-order valence-corrected chi connectivity index (χ3v) is 4.68. The Hall–Kier alpha value is -2.21. The lowest BCUT2D eigenvalue weighted by Gasteiger charge is -2.24. The molecule has 2 amide bonds. The normalized spacial score (nSPS) is 11.8. The number of hydrogen-bond donors (Lipinski definition) is 1. The smallest absolute Gasteiger partial charge is 0.266 e. The molecule has 1 aromatic heterocycles. The van der Waals surface area contributed by atoms with Crippen molar-refractivity contribution in [1.29, 1.82) is 0 Å². The Morgan fingerprint density at radius 2 is 1.96 bits per heavy atom. The summed E-state index contributed by atoms with van der Waals surface area (Å²) in [7, 11) is 3.32. The Kier molecular flexibility index (Phi) is 5.50. The molecule has 2 rings (SSSR count). The number of carbonyl (C=O) groups excluding carboxylic acids is 2. The van der Waals surface area contributed by atoms with Crippen molar-refractivity contribution in [2.45, 2.75) is 26.3 Å². The number of carbonyl (C=O) groups is 2. The molecule has 0 bridgehead atoms. The van der Waals surface area contributed by atoms with Crippen LogP contribution >= 0.6 is 11.3 Å². The second kappa shape index (κ2) is 7.37. The summed E-state index contributed by atoms with van der Waals surface area (Å²) < 4.78 is 0. The van der Waals surface area contributed by atoms with E-state index in [2.05, 4.69) is 10.3 Å². The summed E-state index contributed by atoms with van der Waals surface area (Å²) in [5.41, 5.74) is 1.63. The third kappa shape index (κ3) is 3.96. The van der Waals surface area contributed by atoms with E-state index in [0.29, 0.717) is 10.6 Å². The van der Waals surface area contributed by atoms with E-state index in [0.717, 1.165) is 10.6 Å². The molecule has 0 saturated carbocycles. The van der Waals surface area contributed by atoms with Crippen LogP contribution in [0.5, 0.6) is 0 Å². The minimum Gasteiger partial charge on any atom is -0.359 e. The number of rotatable bonds is 5. The molecule has 1 aromatic carbocycles. The molecule has 23 heavy (non-hydrogen) atoms. The van der Waals surface area contributed by atoms with E-state index < -0.39 is 0 Å². The Labute approximate surface area is 140 Å². The van der Waals surface area contributed by atoms with E-state index in [1.165, 1.54) is 11.3 Å². The highest BCUT2D eigenvalue weighted by Crippen LogP contribution is 2.29. The first kappa shape index (κ1) is 17.1. The average molecular weight is 331 g/mol. The topological polar surface area (TPSA) is 62.3 Å². The second-order valence-corrected chi connectivity index (χ2v) is 6.62. The fourth-order valence-electron chi connectivity index (χ4n) is 2.23. The van der Waals surface area contributed by atoms with Gasteiger partial charge in [-0.25, -0.2) is 4.98 Å². The van der Waals surface area contributed by atoms with E-state index in [9.17, 15) is 9.59 Å². The third-order valence-electron chi connectivity index (χ3n) is 3.72. The van der Waals surface area contributed by atoms with E-state index in [-0.39, 0.29) is 24.3 Å². The molecule has 5 nitrogen and oxygen atoms in total. The van der Waals surface area contributed by atoms with Crippen molar-refractivity contribution in [2.24, 2.45) is 0 Å². The molecule has 0 aliphatic rings. The number of hydrogen-bond acceptors (Lipinski definition) is 4. The van der Waals surface area contributed by atoms with Crippen LogP contribution in [0.2, 0.25) is 0 Å². The average Bonchev–Trinajstić information content (AvgIpc) is 2.95. The van der Waals surface area contributed by atoms with Gasteiger partial charge >= 0.3 is 0 Å². The molecule has 0 fully saturated rings. The molecular formula is C17H21N3O2S. The van der Waals surface area contributed by atoms with Crippen molar-refractivity contribution in [1.82, 2.24) is 15.2 Å². The number of thiazole rings is 1. The molecule has 0 unspecified atom stereocenters. The van der Waals surface area contributed by atoms with Gasteiger partial charge < -0.3 is 10.2 Å². The Morgan fingerprint density at radius 1 is 1.30 bits per heavy atom. The highest BCUT2D eigenvalue weighted by Gasteiger charge is 2.25. The van der Waals surface area contributed by atoms with Crippen LogP contribution in [0.15, 0.2) is 30.3 Å². The van der Waals surface area contributed by atoms with Crippen molar-refractivity contribution >= 4 is 23.2 Å². The van der Waals surface area contributed by atoms with E-state index in [1.807, 2.05) is 44.2 Å². The monoisotopic (exact) mass is 331 g/mol. The van der Waals surface area contributed by atoms with Crippen LogP contribution in [-0.2, 0) is 4.79 Å². The lowest BCUT2D eigenvalue weighted by molar-refractivity contribution is -0.121. The number of nitrogens with one attached hydrogen (secondary N) is 1. The van der Waals surface area contributed by atoms with E-state index in [1.54, 1.807) is 19.0 Å². The zero-order valence-corrected chi connectivity index (χ0v) is 14.6. The van der Waals surface area contributed by atoms with Gasteiger partial charge in [-0.3, -0.25) is 9.59 Å². The molecule has 1 atom stereocenters. The zero-order valence-electron chi connectivity index (χ0n) is 13.8. The van der Waals surface area contributed by atoms with Gasteiger partial charge in [-0.15, -0.1) is 11.3 Å². The summed E-state index contributed by atoms with van der Waals surface area (Å²) in [6, 6.07) is 9.49. The summed E-state index contributed by atoms with van der Waals surface area (Å²) in [4.78, 5) is 31.1. The first-order valence-corrected chi connectivity index (χ1v) is 8.26. The SMILES string of the molecule is CNC(=O)C[C@@H](C)N(C)C(=O)c1sc(C)nc1-c1ccccc1. The first-order valence-electron chi connectivity index (χ1n) is 7.44. The summed E-state index contributed by atoms with van der Waals surface area (Å²) in [6.45, 7) is 3.76. The first-order chi connectivity index (χ1) is 10.9. The van der Waals surface area contributed by atoms with Gasteiger partial charge in [-0.2, -0.15) is 0 Å². The van der Waals surface area contributed by atoms with Crippen LogP contribution in [0, 0.1) is 6.92 Å². The maximum Gasteiger partial charge on any atom is 0.266 e. The van der Waals surface area contributed by atoms with E-state index >= 15 is 0 Å². The van der Waals surface area contributed by atoms with E-state index in [4.69, 9.17) is 0 Å².